The molecule has 1 saturated heterocycles. The number of imidazole rings is 1. The van der Waals surface area contributed by atoms with Crippen LogP contribution >= 0.6 is 11.6 Å². The van der Waals surface area contributed by atoms with Crippen LogP contribution in [0.2, 0.25) is 5.02 Å². The first-order chi connectivity index (χ1) is 25.6. The summed E-state index contributed by atoms with van der Waals surface area (Å²) in [7, 11) is 0. The van der Waals surface area contributed by atoms with Crippen molar-refractivity contribution in [1.82, 2.24) is 19.4 Å². The van der Waals surface area contributed by atoms with Crippen LogP contribution in [0.25, 0.3) is 11.0 Å². The molecule has 53 heavy (non-hydrogen) atoms. The van der Waals surface area contributed by atoms with Crippen LogP contribution in [0.4, 0.5) is 10.5 Å². The number of likely N-dealkylation sites (tertiary alicyclic amines) is 1. The van der Waals surface area contributed by atoms with Gasteiger partial charge in [0.05, 0.1) is 87.7 Å². The smallest absolute Gasteiger partial charge is 0.410 e. The SMILES string of the molecule is C#CCOCCOCCOCCOCCOCCCCn1c(CN2C(=O)C3(CCN(C(=O)OC(C)(C)C)CC3)c3ccncc32)nc2cc(Cl)ccc21. The average Bonchev–Trinajstić information content (AvgIpc) is 3.58. The maximum atomic E-state index is 14.4. The molecule has 3 aromatic rings. The van der Waals surface area contributed by atoms with Gasteiger partial charge in [0, 0.05) is 37.5 Å². The van der Waals surface area contributed by atoms with E-state index in [1.807, 2.05) is 49.9 Å². The summed E-state index contributed by atoms with van der Waals surface area (Å²) in [6, 6.07) is 7.64. The molecule has 0 saturated carbocycles. The Kier molecular flexibility index (Phi) is 14.9. The number of carbonyl (C=O) groups is 2. The molecule has 4 heterocycles. The summed E-state index contributed by atoms with van der Waals surface area (Å²) in [5.74, 6) is 3.19. The number of carbonyl (C=O) groups excluding carboxylic acids is 2. The van der Waals surface area contributed by atoms with Gasteiger partial charge in [-0.2, -0.15) is 0 Å². The Morgan fingerprint density at radius 2 is 1.57 bits per heavy atom. The van der Waals surface area contributed by atoms with E-state index in [9.17, 15) is 9.59 Å². The first-order valence-electron chi connectivity index (χ1n) is 18.3. The van der Waals surface area contributed by atoms with Gasteiger partial charge in [-0.1, -0.05) is 17.5 Å². The van der Waals surface area contributed by atoms with E-state index in [0.717, 1.165) is 41.0 Å². The molecule has 2 aliphatic rings. The Morgan fingerprint density at radius 1 is 0.925 bits per heavy atom. The highest BCUT2D eigenvalue weighted by Crippen LogP contribution is 2.48. The number of piperidine rings is 1. The number of pyridine rings is 1. The van der Waals surface area contributed by atoms with E-state index >= 15 is 0 Å². The number of unbranched alkanes of at least 4 members (excludes halogenated alkanes) is 1. The van der Waals surface area contributed by atoms with Crippen LogP contribution in [-0.4, -0.2) is 116 Å². The van der Waals surface area contributed by atoms with E-state index < -0.39 is 11.0 Å². The number of terminal acetylenes is 1. The number of rotatable bonds is 20. The predicted octanol–water partition coefficient (Wildman–Crippen LogP) is 5.40. The van der Waals surface area contributed by atoms with Crippen LogP contribution in [0, 0.1) is 12.3 Å². The number of aromatic nitrogens is 3. The van der Waals surface area contributed by atoms with Gasteiger partial charge >= 0.3 is 6.09 Å². The van der Waals surface area contributed by atoms with Crippen LogP contribution in [0.1, 0.15) is 57.8 Å². The van der Waals surface area contributed by atoms with Gasteiger partial charge in [0.1, 0.15) is 18.0 Å². The van der Waals surface area contributed by atoms with Crippen molar-refractivity contribution in [2.24, 2.45) is 0 Å². The maximum absolute atomic E-state index is 14.4. The zero-order valence-electron chi connectivity index (χ0n) is 31.1. The zero-order chi connectivity index (χ0) is 37.7. The molecule has 2 aromatic heterocycles. The number of hydrogen-bond acceptors (Lipinski definition) is 10. The molecule has 1 spiro atoms. The highest BCUT2D eigenvalue weighted by molar-refractivity contribution is 6.31. The summed E-state index contributed by atoms with van der Waals surface area (Å²) in [5.41, 5.74) is 2.15. The fraction of sp³-hybridized carbons (Fsp3) is 0.590. The summed E-state index contributed by atoms with van der Waals surface area (Å²) in [6.07, 6.45) is 11.0. The van der Waals surface area contributed by atoms with Crippen molar-refractivity contribution in [2.75, 3.05) is 84.1 Å². The average molecular weight is 754 g/mol. The highest BCUT2D eigenvalue weighted by atomic mass is 35.5. The van der Waals surface area contributed by atoms with Crippen molar-refractivity contribution < 1.29 is 38.0 Å². The molecule has 14 heteroatoms. The highest BCUT2D eigenvalue weighted by Gasteiger charge is 2.53. The third kappa shape index (κ3) is 10.9. The standard InChI is InChI=1S/C39H52ClN5O8/c1-5-17-48-19-21-50-23-25-52-26-24-51-22-20-49-18-7-6-14-44-33-9-8-30(40)27-32(33)42-35(44)29-45-34-28-41-13-10-31(34)39(36(45)46)11-15-43(16-12-39)37(47)53-38(2,3)4/h1,8-10,13,27-28H,6-7,11-12,14-26,29H2,2-4H3. The third-order valence-electron chi connectivity index (χ3n) is 9.21. The zero-order valence-corrected chi connectivity index (χ0v) is 31.9. The Balaban J connectivity index is 1.09. The van der Waals surface area contributed by atoms with Crippen LogP contribution in [0.3, 0.4) is 0 Å². The number of fused-ring (bicyclic) bond motifs is 3. The van der Waals surface area contributed by atoms with Crippen LogP contribution < -0.4 is 4.90 Å². The minimum Gasteiger partial charge on any atom is -0.444 e. The fourth-order valence-electron chi connectivity index (χ4n) is 6.68. The van der Waals surface area contributed by atoms with Gasteiger partial charge in [-0.15, -0.1) is 6.42 Å². The summed E-state index contributed by atoms with van der Waals surface area (Å²) < 4.78 is 35.2. The number of amides is 2. The molecule has 0 bridgehead atoms. The summed E-state index contributed by atoms with van der Waals surface area (Å²) >= 11 is 6.36. The maximum Gasteiger partial charge on any atom is 0.410 e. The molecule has 0 radical (unpaired) electrons. The van der Waals surface area contributed by atoms with Gasteiger partial charge in [-0.05, 0) is 76.3 Å². The second kappa shape index (κ2) is 19.5. The molecule has 2 aliphatic heterocycles. The van der Waals surface area contributed by atoms with Gasteiger partial charge in [-0.25, -0.2) is 9.78 Å². The molecular weight excluding hydrogens is 702 g/mol. The number of halogens is 1. The van der Waals surface area contributed by atoms with Crippen molar-refractivity contribution in [3.8, 4) is 12.3 Å². The fourth-order valence-corrected chi connectivity index (χ4v) is 6.84. The molecule has 1 fully saturated rings. The van der Waals surface area contributed by atoms with Gasteiger partial charge in [0.25, 0.3) is 0 Å². The Hall–Kier alpha value is -3.77. The lowest BCUT2D eigenvalue weighted by molar-refractivity contribution is -0.125. The van der Waals surface area contributed by atoms with Crippen LogP contribution in [0.15, 0.2) is 36.7 Å². The molecule has 0 unspecified atom stereocenters. The molecule has 0 aliphatic carbocycles. The summed E-state index contributed by atoms with van der Waals surface area (Å²) in [5, 5.41) is 0.603. The molecule has 13 nitrogen and oxygen atoms in total. The second-order valence-electron chi connectivity index (χ2n) is 14.1. The van der Waals surface area contributed by atoms with E-state index in [2.05, 4.69) is 15.5 Å². The number of anilines is 1. The molecule has 0 atom stereocenters. The predicted molar refractivity (Wildman–Crippen MR) is 201 cm³/mol. The van der Waals surface area contributed by atoms with Crippen molar-refractivity contribution >= 4 is 40.3 Å². The minimum absolute atomic E-state index is 0.00977. The van der Waals surface area contributed by atoms with E-state index in [-0.39, 0.29) is 18.5 Å². The van der Waals surface area contributed by atoms with Gasteiger partial charge in [0.15, 0.2) is 0 Å². The largest absolute Gasteiger partial charge is 0.444 e. The van der Waals surface area contributed by atoms with Crippen molar-refractivity contribution in [1.29, 1.82) is 0 Å². The third-order valence-corrected chi connectivity index (χ3v) is 9.45. The molecule has 5 rings (SSSR count). The van der Waals surface area contributed by atoms with Crippen molar-refractivity contribution in [2.45, 2.75) is 70.6 Å². The lowest BCUT2D eigenvalue weighted by Crippen LogP contribution is -2.51. The number of aryl methyl sites for hydroxylation is 1. The number of nitrogens with zero attached hydrogens (tertiary/aromatic N) is 5. The first kappa shape index (κ1) is 40.4. The number of ether oxygens (including phenoxy) is 6. The number of hydrogen-bond donors (Lipinski definition) is 0. The van der Waals surface area contributed by atoms with E-state index in [1.54, 1.807) is 17.3 Å². The lowest BCUT2D eigenvalue weighted by Gasteiger charge is -2.38. The molecular formula is C39H52ClN5O8. The van der Waals surface area contributed by atoms with Gasteiger partial charge < -0.3 is 42.8 Å². The van der Waals surface area contributed by atoms with Crippen LogP contribution in [-0.2, 0) is 51.7 Å². The molecule has 2 amide bonds. The Labute approximate surface area is 317 Å². The Bertz CT molecular complexity index is 1690. The van der Waals surface area contributed by atoms with E-state index in [1.165, 1.54) is 0 Å². The molecule has 1 aromatic carbocycles. The quantitative estimate of drug-likeness (QED) is 0.109. The summed E-state index contributed by atoms with van der Waals surface area (Å²) in [4.78, 5) is 40.1. The molecule has 288 valence electrons. The van der Waals surface area contributed by atoms with Crippen molar-refractivity contribution in [3.63, 3.8) is 0 Å². The van der Waals surface area contributed by atoms with Gasteiger partial charge in [-0.3, -0.25) is 9.78 Å². The van der Waals surface area contributed by atoms with E-state index in [4.69, 9.17) is 51.4 Å². The van der Waals surface area contributed by atoms with Crippen molar-refractivity contribution in [3.05, 3.63) is 53.1 Å². The van der Waals surface area contributed by atoms with E-state index in [0.29, 0.717) is 104 Å². The first-order valence-corrected chi connectivity index (χ1v) is 18.7. The normalized spacial score (nSPS) is 15.3. The number of benzene rings is 1. The topological polar surface area (TPSA) is 127 Å². The molecule has 0 N–H and O–H groups in total. The second-order valence-corrected chi connectivity index (χ2v) is 14.5. The lowest BCUT2D eigenvalue weighted by atomic mass is 9.74. The Morgan fingerprint density at radius 3 is 2.21 bits per heavy atom. The summed E-state index contributed by atoms with van der Waals surface area (Å²) in [6.45, 7) is 12.2. The van der Waals surface area contributed by atoms with Gasteiger partial charge in [0.2, 0.25) is 5.91 Å². The van der Waals surface area contributed by atoms with Crippen LogP contribution in [0.5, 0.6) is 0 Å². The monoisotopic (exact) mass is 753 g/mol. The minimum atomic E-state index is -0.737.